The monoisotopic (exact) mass is 366 g/mol. The molecule has 2 aromatic carbocycles. The number of rotatable bonds is 7. The Kier molecular flexibility index (Phi) is 5.88. The van der Waals surface area contributed by atoms with E-state index in [2.05, 4.69) is 74.2 Å². The number of nitrogens with zero attached hydrogens (tertiary/aromatic N) is 1. The molecule has 4 heteroatoms. The molecule has 3 rings (SSSR count). The van der Waals surface area contributed by atoms with Gasteiger partial charge in [0.2, 0.25) is 0 Å². The SMILES string of the molecule is Cn1ccc2c(Cc3ccccc3OCC(O)CNC(C)(C)C)cccc21. The van der Waals surface area contributed by atoms with Crippen molar-refractivity contribution in [2.45, 2.75) is 38.8 Å². The molecule has 0 aliphatic rings. The van der Waals surface area contributed by atoms with Gasteiger partial charge in [0.25, 0.3) is 0 Å². The van der Waals surface area contributed by atoms with Crippen LogP contribution in [-0.4, -0.2) is 34.5 Å². The first-order valence-electron chi connectivity index (χ1n) is 9.50. The van der Waals surface area contributed by atoms with E-state index in [4.69, 9.17) is 4.74 Å². The van der Waals surface area contributed by atoms with Crippen LogP contribution < -0.4 is 10.1 Å². The number of aromatic nitrogens is 1. The summed E-state index contributed by atoms with van der Waals surface area (Å²) >= 11 is 0. The molecule has 0 amide bonds. The van der Waals surface area contributed by atoms with Crippen LogP contribution in [0.3, 0.4) is 0 Å². The molecule has 0 aliphatic carbocycles. The predicted octanol–water partition coefficient (Wildman–Crippen LogP) is 3.90. The highest BCUT2D eigenvalue weighted by atomic mass is 16.5. The maximum Gasteiger partial charge on any atom is 0.122 e. The number of hydrogen-bond acceptors (Lipinski definition) is 3. The van der Waals surface area contributed by atoms with E-state index in [0.717, 1.165) is 17.7 Å². The molecule has 0 saturated heterocycles. The molecule has 27 heavy (non-hydrogen) atoms. The topological polar surface area (TPSA) is 46.4 Å². The number of ether oxygens (including phenoxy) is 1. The first-order valence-corrected chi connectivity index (χ1v) is 9.50. The molecule has 144 valence electrons. The van der Waals surface area contributed by atoms with Crippen LogP contribution in [0.4, 0.5) is 0 Å². The fourth-order valence-corrected chi connectivity index (χ4v) is 3.19. The zero-order chi connectivity index (χ0) is 19.4. The van der Waals surface area contributed by atoms with Gasteiger partial charge in [-0.05, 0) is 50.1 Å². The normalized spacial score (nSPS) is 13.1. The van der Waals surface area contributed by atoms with Crippen molar-refractivity contribution >= 4 is 10.9 Å². The summed E-state index contributed by atoms with van der Waals surface area (Å²) in [6.07, 6.45) is 2.35. The van der Waals surface area contributed by atoms with Crippen molar-refractivity contribution in [2.24, 2.45) is 7.05 Å². The Bertz CT molecular complexity index is 893. The lowest BCUT2D eigenvalue weighted by molar-refractivity contribution is 0.0996. The molecule has 0 aliphatic heterocycles. The molecule has 3 aromatic rings. The fraction of sp³-hybridized carbons (Fsp3) is 0.391. The maximum atomic E-state index is 10.2. The minimum atomic E-state index is -0.546. The molecule has 0 radical (unpaired) electrons. The van der Waals surface area contributed by atoms with Gasteiger partial charge < -0.3 is 19.7 Å². The Morgan fingerprint density at radius 3 is 2.56 bits per heavy atom. The second-order valence-corrected chi connectivity index (χ2v) is 8.16. The van der Waals surface area contributed by atoms with Crippen molar-refractivity contribution in [3.63, 3.8) is 0 Å². The lowest BCUT2D eigenvalue weighted by Crippen LogP contribution is -2.42. The van der Waals surface area contributed by atoms with E-state index in [-0.39, 0.29) is 12.1 Å². The van der Waals surface area contributed by atoms with Crippen molar-refractivity contribution in [3.05, 3.63) is 65.9 Å². The van der Waals surface area contributed by atoms with Gasteiger partial charge in [0.15, 0.2) is 0 Å². The van der Waals surface area contributed by atoms with Crippen molar-refractivity contribution in [3.8, 4) is 5.75 Å². The van der Waals surface area contributed by atoms with Crippen molar-refractivity contribution in [2.75, 3.05) is 13.2 Å². The smallest absolute Gasteiger partial charge is 0.122 e. The molecule has 0 spiro atoms. The molecule has 4 nitrogen and oxygen atoms in total. The highest BCUT2D eigenvalue weighted by molar-refractivity contribution is 5.84. The van der Waals surface area contributed by atoms with Gasteiger partial charge in [-0.2, -0.15) is 0 Å². The lowest BCUT2D eigenvalue weighted by Gasteiger charge is -2.23. The Labute approximate surface area is 161 Å². The predicted molar refractivity (Wildman–Crippen MR) is 111 cm³/mol. The number of hydrogen-bond donors (Lipinski definition) is 2. The summed E-state index contributed by atoms with van der Waals surface area (Å²) in [6, 6.07) is 16.6. The van der Waals surface area contributed by atoms with Gasteiger partial charge in [0, 0.05) is 42.7 Å². The van der Waals surface area contributed by atoms with Crippen LogP contribution in [0.5, 0.6) is 5.75 Å². The quantitative estimate of drug-likeness (QED) is 0.667. The average Bonchev–Trinajstić information content (AvgIpc) is 3.01. The third kappa shape index (κ3) is 5.12. The highest BCUT2D eigenvalue weighted by Gasteiger charge is 2.14. The second-order valence-electron chi connectivity index (χ2n) is 8.16. The molecule has 1 atom stereocenters. The number of para-hydroxylation sites is 1. The summed E-state index contributed by atoms with van der Waals surface area (Å²) in [5, 5.41) is 14.8. The zero-order valence-electron chi connectivity index (χ0n) is 16.7. The van der Waals surface area contributed by atoms with E-state index in [1.165, 1.54) is 16.5 Å². The number of fused-ring (bicyclic) bond motifs is 1. The van der Waals surface area contributed by atoms with Crippen LogP contribution in [-0.2, 0) is 13.5 Å². The molecule has 1 unspecified atom stereocenters. The summed E-state index contributed by atoms with van der Waals surface area (Å²) in [5.41, 5.74) is 3.62. The van der Waals surface area contributed by atoms with E-state index >= 15 is 0 Å². The Morgan fingerprint density at radius 2 is 1.78 bits per heavy atom. The average molecular weight is 367 g/mol. The fourth-order valence-electron chi connectivity index (χ4n) is 3.19. The van der Waals surface area contributed by atoms with Crippen molar-refractivity contribution in [1.82, 2.24) is 9.88 Å². The van der Waals surface area contributed by atoms with Crippen LogP contribution in [0, 0.1) is 0 Å². The molecule has 0 fully saturated rings. The summed E-state index contributed by atoms with van der Waals surface area (Å²) in [7, 11) is 2.07. The van der Waals surface area contributed by atoms with E-state index in [1.54, 1.807) is 0 Å². The van der Waals surface area contributed by atoms with Gasteiger partial charge in [-0.25, -0.2) is 0 Å². The number of aliphatic hydroxyl groups excluding tert-OH is 1. The van der Waals surface area contributed by atoms with Gasteiger partial charge in [0.1, 0.15) is 18.5 Å². The molecule has 1 aromatic heterocycles. The molecule has 2 N–H and O–H groups in total. The van der Waals surface area contributed by atoms with Crippen LogP contribution in [0.1, 0.15) is 31.9 Å². The first kappa shape index (κ1) is 19.5. The van der Waals surface area contributed by atoms with Crippen LogP contribution in [0.25, 0.3) is 10.9 Å². The van der Waals surface area contributed by atoms with E-state index in [9.17, 15) is 5.11 Å². The molecule has 0 bridgehead atoms. The summed E-state index contributed by atoms with van der Waals surface area (Å²) in [5.74, 6) is 0.834. The van der Waals surface area contributed by atoms with Gasteiger partial charge in [-0.3, -0.25) is 0 Å². The van der Waals surface area contributed by atoms with Crippen LogP contribution in [0.2, 0.25) is 0 Å². The van der Waals surface area contributed by atoms with Gasteiger partial charge in [-0.15, -0.1) is 0 Å². The van der Waals surface area contributed by atoms with Crippen LogP contribution >= 0.6 is 0 Å². The van der Waals surface area contributed by atoms with E-state index < -0.39 is 6.10 Å². The van der Waals surface area contributed by atoms with Crippen molar-refractivity contribution < 1.29 is 9.84 Å². The number of aliphatic hydroxyl groups is 1. The standard InChI is InChI=1S/C23H30N2O2/c1-23(2,3)24-15-19(26)16-27-22-11-6-5-8-18(22)14-17-9-7-10-21-20(17)12-13-25(21)4/h5-13,19,24,26H,14-16H2,1-4H3. The summed E-state index contributed by atoms with van der Waals surface area (Å²) < 4.78 is 8.10. The van der Waals surface area contributed by atoms with Crippen LogP contribution in [0.15, 0.2) is 54.7 Å². The maximum absolute atomic E-state index is 10.2. The largest absolute Gasteiger partial charge is 0.491 e. The summed E-state index contributed by atoms with van der Waals surface area (Å²) in [4.78, 5) is 0. The first-order chi connectivity index (χ1) is 12.8. The Balaban J connectivity index is 1.70. The second kappa shape index (κ2) is 8.15. The third-order valence-electron chi connectivity index (χ3n) is 4.67. The van der Waals surface area contributed by atoms with Crippen molar-refractivity contribution in [1.29, 1.82) is 0 Å². The number of benzene rings is 2. The Hall–Kier alpha value is -2.30. The minimum absolute atomic E-state index is 0.0206. The molecule has 1 heterocycles. The van der Waals surface area contributed by atoms with Gasteiger partial charge in [-0.1, -0.05) is 30.3 Å². The molecular weight excluding hydrogens is 336 g/mol. The number of aryl methyl sites for hydroxylation is 1. The lowest BCUT2D eigenvalue weighted by atomic mass is 10.0. The Morgan fingerprint density at radius 1 is 1.04 bits per heavy atom. The zero-order valence-corrected chi connectivity index (χ0v) is 16.7. The molecule has 0 saturated carbocycles. The van der Waals surface area contributed by atoms with Gasteiger partial charge >= 0.3 is 0 Å². The summed E-state index contributed by atoms with van der Waals surface area (Å²) in [6.45, 7) is 7.03. The molecular formula is C23H30N2O2. The van der Waals surface area contributed by atoms with E-state index in [0.29, 0.717) is 6.54 Å². The number of nitrogens with one attached hydrogen (secondary N) is 1. The highest BCUT2D eigenvalue weighted by Crippen LogP contribution is 2.26. The minimum Gasteiger partial charge on any atom is -0.491 e. The third-order valence-corrected chi connectivity index (χ3v) is 4.67. The number of β-amino-alcohol motifs (C(OH)–C–C–N with tert-alkyl or cyclic N) is 1. The van der Waals surface area contributed by atoms with E-state index in [1.807, 2.05) is 18.2 Å². The van der Waals surface area contributed by atoms with Gasteiger partial charge in [0.05, 0.1) is 0 Å².